The molecule has 7 heteroatoms. The summed E-state index contributed by atoms with van der Waals surface area (Å²) in [6.07, 6.45) is 3.81. The van der Waals surface area contributed by atoms with Crippen molar-refractivity contribution in [3.05, 3.63) is 53.5 Å². The number of oxazole rings is 1. The van der Waals surface area contributed by atoms with Crippen LogP contribution in [0.4, 0.5) is 4.39 Å². The standard InChI is InChI=1S/C18H20FN3O3/c1-12(23)20-11-17(24)22-8-2-3-16(22)18-21-10-15(25-18)9-13-4-6-14(19)7-5-13/h4-7,10,16H,2-3,8-9,11H2,1H3,(H,20,23)/t16-/m0/s1. The highest BCUT2D eigenvalue weighted by atomic mass is 19.1. The quantitative estimate of drug-likeness (QED) is 0.901. The zero-order valence-corrected chi connectivity index (χ0v) is 14.0. The smallest absolute Gasteiger partial charge is 0.242 e. The normalized spacial score (nSPS) is 16.9. The summed E-state index contributed by atoms with van der Waals surface area (Å²) in [5.74, 6) is 0.521. The number of benzene rings is 1. The van der Waals surface area contributed by atoms with Gasteiger partial charge in [-0.3, -0.25) is 9.59 Å². The van der Waals surface area contributed by atoms with Crippen LogP contribution in [-0.2, 0) is 16.0 Å². The van der Waals surface area contributed by atoms with Crippen LogP contribution in [0, 0.1) is 5.82 Å². The van der Waals surface area contributed by atoms with Gasteiger partial charge >= 0.3 is 0 Å². The van der Waals surface area contributed by atoms with E-state index in [1.807, 2.05) is 0 Å². The summed E-state index contributed by atoms with van der Waals surface area (Å²) in [6, 6.07) is 6.02. The number of nitrogens with zero attached hydrogens (tertiary/aromatic N) is 2. The highest BCUT2D eigenvalue weighted by molar-refractivity contribution is 5.84. The average Bonchev–Trinajstić information content (AvgIpc) is 3.23. The van der Waals surface area contributed by atoms with Crippen molar-refractivity contribution in [2.75, 3.05) is 13.1 Å². The van der Waals surface area contributed by atoms with E-state index < -0.39 is 0 Å². The Morgan fingerprint density at radius 3 is 2.84 bits per heavy atom. The molecule has 1 aliphatic heterocycles. The van der Waals surface area contributed by atoms with Crippen LogP contribution in [0.15, 0.2) is 34.9 Å². The molecule has 25 heavy (non-hydrogen) atoms. The Kier molecular flexibility index (Phi) is 5.11. The molecule has 2 aromatic rings. The minimum Gasteiger partial charge on any atom is -0.443 e. The van der Waals surface area contributed by atoms with E-state index >= 15 is 0 Å². The third-order valence-electron chi connectivity index (χ3n) is 4.21. The number of rotatable bonds is 5. The van der Waals surface area contributed by atoms with Gasteiger partial charge in [-0.2, -0.15) is 0 Å². The van der Waals surface area contributed by atoms with Gasteiger partial charge < -0.3 is 14.6 Å². The summed E-state index contributed by atoms with van der Waals surface area (Å²) in [4.78, 5) is 29.3. The number of aromatic nitrogens is 1. The van der Waals surface area contributed by atoms with E-state index in [1.165, 1.54) is 19.1 Å². The summed E-state index contributed by atoms with van der Waals surface area (Å²) in [5, 5.41) is 2.52. The van der Waals surface area contributed by atoms with Crippen LogP contribution < -0.4 is 5.32 Å². The van der Waals surface area contributed by atoms with Crippen molar-refractivity contribution in [3.8, 4) is 0 Å². The zero-order chi connectivity index (χ0) is 17.8. The third kappa shape index (κ3) is 4.23. The highest BCUT2D eigenvalue weighted by Crippen LogP contribution is 2.31. The van der Waals surface area contributed by atoms with E-state index in [9.17, 15) is 14.0 Å². The molecule has 2 amide bonds. The molecule has 1 fully saturated rings. The molecule has 0 bridgehead atoms. The van der Waals surface area contributed by atoms with E-state index in [4.69, 9.17) is 4.42 Å². The Morgan fingerprint density at radius 1 is 1.36 bits per heavy atom. The summed E-state index contributed by atoms with van der Waals surface area (Å²) in [7, 11) is 0. The molecule has 1 aromatic carbocycles. The maximum atomic E-state index is 13.0. The molecule has 1 aromatic heterocycles. The zero-order valence-electron chi connectivity index (χ0n) is 14.0. The van der Waals surface area contributed by atoms with Crippen molar-refractivity contribution in [1.82, 2.24) is 15.2 Å². The molecule has 0 saturated carbocycles. The molecule has 3 rings (SSSR count). The second-order valence-electron chi connectivity index (χ2n) is 6.12. The predicted octanol–water partition coefficient (Wildman–Crippen LogP) is 2.20. The van der Waals surface area contributed by atoms with Gasteiger partial charge in [0.2, 0.25) is 17.7 Å². The van der Waals surface area contributed by atoms with Gasteiger partial charge in [-0.1, -0.05) is 12.1 Å². The number of nitrogens with one attached hydrogen (secondary N) is 1. The van der Waals surface area contributed by atoms with Gasteiger partial charge in [-0.05, 0) is 30.5 Å². The lowest BCUT2D eigenvalue weighted by Crippen LogP contribution is -2.39. The van der Waals surface area contributed by atoms with Gasteiger partial charge in [-0.15, -0.1) is 0 Å². The SMILES string of the molecule is CC(=O)NCC(=O)N1CCC[C@H]1c1ncc(Cc2ccc(F)cc2)o1. The fourth-order valence-electron chi connectivity index (χ4n) is 2.99. The first kappa shape index (κ1) is 17.1. The Bertz CT molecular complexity index is 757. The lowest BCUT2D eigenvalue weighted by atomic mass is 10.1. The van der Waals surface area contributed by atoms with Crippen molar-refractivity contribution in [1.29, 1.82) is 0 Å². The molecule has 1 N–H and O–H groups in total. The van der Waals surface area contributed by atoms with E-state index in [0.717, 1.165) is 18.4 Å². The van der Waals surface area contributed by atoms with Crippen LogP contribution in [0.3, 0.4) is 0 Å². The van der Waals surface area contributed by atoms with Gasteiger partial charge in [0.05, 0.1) is 12.7 Å². The van der Waals surface area contributed by atoms with Gasteiger partial charge in [0.1, 0.15) is 17.6 Å². The van der Waals surface area contributed by atoms with Crippen molar-refractivity contribution in [2.45, 2.75) is 32.2 Å². The van der Waals surface area contributed by atoms with Gasteiger partial charge in [0.15, 0.2) is 0 Å². The highest BCUT2D eigenvalue weighted by Gasteiger charge is 2.33. The Labute approximate surface area is 145 Å². The van der Waals surface area contributed by atoms with Gasteiger partial charge in [0.25, 0.3) is 0 Å². The number of carbonyl (C=O) groups is 2. The maximum Gasteiger partial charge on any atom is 0.242 e. The fourth-order valence-corrected chi connectivity index (χ4v) is 2.99. The lowest BCUT2D eigenvalue weighted by Gasteiger charge is -2.22. The van der Waals surface area contributed by atoms with Crippen LogP contribution in [0.2, 0.25) is 0 Å². The van der Waals surface area contributed by atoms with Gasteiger partial charge in [0, 0.05) is 19.9 Å². The number of amides is 2. The Hall–Kier alpha value is -2.70. The minimum atomic E-state index is -0.277. The fraction of sp³-hybridized carbons (Fsp3) is 0.389. The van der Waals surface area contributed by atoms with Gasteiger partial charge in [-0.25, -0.2) is 9.37 Å². The predicted molar refractivity (Wildman–Crippen MR) is 88.1 cm³/mol. The molecule has 1 saturated heterocycles. The van der Waals surface area contributed by atoms with Crippen LogP contribution in [0.25, 0.3) is 0 Å². The molecular formula is C18H20FN3O3. The summed E-state index contributed by atoms with van der Waals surface area (Å²) in [5.41, 5.74) is 0.925. The molecule has 0 unspecified atom stereocenters. The number of likely N-dealkylation sites (tertiary alicyclic amines) is 1. The molecule has 0 radical (unpaired) electrons. The Morgan fingerprint density at radius 2 is 2.12 bits per heavy atom. The minimum absolute atomic E-state index is 0.0189. The molecule has 0 aliphatic carbocycles. The summed E-state index contributed by atoms with van der Waals surface area (Å²) < 4.78 is 18.8. The molecule has 0 spiro atoms. The first-order valence-electron chi connectivity index (χ1n) is 8.26. The molecule has 2 heterocycles. The average molecular weight is 345 g/mol. The summed E-state index contributed by atoms with van der Waals surface area (Å²) in [6.45, 7) is 1.98. The Balaban J connectivity index is 1.67. The third-order valence-corrected chi connectivity index (χ3v) is 4.21. The monoisotopic (exact) mass is 345 g/mol. The summed E-state index contributed by atoms with van der Waals surface area (Å²) >= 11 is 0. The number of carbonyl (C=O) groups excluding carboxylic acids is 2. The molecule has 132 valence electrons. The van der Waals surface area contributed by atoms with Crippen LogP contribution >= 0.6 is 0 Å². The largest absolute Gasteiger partial charge is 0.443 e. The van der Waals surface area contributed by atoms with Crippen molar-refractivity contribution < 1.29 is 18.4 Å². The topological polar surface area (TPSA) is 75.4 Å². The maximum absolute atomic E-state index is 13.0. The molecular weight excluding hydrogens is 325 g/mol. The van der Waals surface area contributed by atoms with E-state index in [2.05, 4.69) is 10.3 Å². The second-order valence-corrected chi connectivity index (χ2v) is 6.12. The van der Waals surface area contributed by atoms with Crippen molar-refractivity contribution >= 4 is 11.8 Å². The first-order valence-corrected chi connectivity index (χ1v) is 8.26. The number of halogens is 1. The second kappa shape index (κ2) is 7.46. The molecule has 6 nitrogen and oxygen atoms in total. The van der Waals surface area contributed by atoms with E-state index in [1.54, 1.807) is 23.2 Å². The van der Waals surface area contributed by atoms with E-state index in [-0.39, 0.29) is 30.2 Å². The van der Waals surface area contributed by atoms with E-state index in [0.29, 0.717) is 24.6 Å². The van der Waals surface area contributed by atoms with Crippen LogP contribution in [0.5, 0.6) is 0 Å². The first-order chi connectivity index (χ1) is 12.0. The van der Waals surface area contributed by atoms with Crippen molar-refractivity contribution in [3.63, 3.8) is 0 Å². The molecule has 1 aliphatic rings. The van der Waals surface area contributed by atoms with Crippen LogP contribution in [-0.4, -0.2) is 34.8 Å². The van der Waals surface area contributed by atoms with Crippen LogP contribution in [0.1, 0.15) is 43.0 Å². The lowest BCUT2D eigenvalue weighted by molar-refractivity contribution is -0.133. The number of hydrogen-bond acceptors (Lipinski definition) is 4. The molecule has 1 atom stereocenters. The van der Waals surface area contributed by atoms with Crippen molar-refractivity contribution in [2.24, 2.45) is 0 Å². The number of hydrogen-bond donors (Lipinski definition) is 1.